The summed E-state index contributed by atoms with van der Waals surface area (Å²) in [4.78, 5) is 25.3. The number of hydrogen-bond donors (Lipinski definition) is 3. The molecule has 3 aromatic rings. The van der Waals surface area contributed by atoms with Gasteiger partial charge in [-0.05, 0) is 23.6 Å². The Kier molecular flexibility index (Phi) is 7.97. The maximum Gasteiger partial charge on any atom is 0.315 e. The van der Waals surface area contributed by atoms with Crippen molar-refractivity contribution in [2.75, 3.05) is 5.32 Å². The van der Waals surface area contributed by atoms with Crippen LogP contribution in [0.5, 0.6) is 0 Å². The highest BCUT2D eigenvalue weighted by Crippen LogP contribution is 2.28. The number of carbonyl (C=O) groups excluding carboxylic acids is 2. The lowest BCUT2D eigenvalue weighted by Crippen LogP contribution is -2.50. The zero-order valence-corrected chi connectivity index (χ0v) is 18.8. The van der Waals surface area contributed by atoms with Crippen molar-refractivity contribution in [3.05, 3.63) is 65.2 Å². The molecule has 9 heteroatoms. The van der Waals surface area contributed by atoms with Gasteiger partial charge >= 0.3 is 6.03 Å². The van der Waals surface area contributed by atoms with Crippen molar-refractivity contribution in [3.8, 4) is 10.6 Å². The third-order valence-corrected chi connectivity index (χ3v) is 5.93. The summed E-state index contributed by atoms with van der Waals surface area (Å²) in [6, 6.07) is 15.7. The van der Waals surface area contributed by atoms with Crippen molar-refractivity contribution in [3.63, 3.8) is 0 Å². The Morgan fingerprint density at radius 1 is 1.10 bits per heavy atom. The summed E-state index contributed by atoms with van der Waals surface area (Å²) in [7, 11) is 0. The molecule has 2 unspecified atom stereocenters. The van der Waals surface area contributed by atoms with Crippen LogP contribution in [0.2, 0.25) is 5.02 Å². The first-order chi connectivity index (χ1) is 15.0. The molecule has 0 saturated heterocycles. The third-order valence-electron chi connectivity index (χ3n) is 4.80. The second-order valence-corrected chi connectivity index (χ2v) is 8.50. The molecule has 7 nitrogen and oxygen atoms in total. The number of amides is 3. The van der Waals surface area contributed by atoms with E-state index < -0.39 is 12.1 Å². The van der Waals surface area contributed by atoms with Gasteiger partial charge in [-0.25, -0.2) is 4.79 Å². The average Bonchev–Trinajstić information content (AvgIpc) is 3.24. The molecule has 3 rings (SSSR count). The van der Waals surface area contributed by atoms with E-state index in [1.807, 2.05) is 56.3 Å². The molecule has 1 aromatic heterocycles. The second-order valence-electron chi connectivity index (χ2n) is 7.09. The summed E-state index contributed by atoms with van der Waals surface area (Å²) in [5.74, 6) is -0.402. The van der Waals surface area contributed by atoms with Crippen molar-refractivity contribution in [1.29, 1.82) is 0 Å². The van der Waals surface area contributed by atoms with E-state index in [1.54, 1.807) is 12.1 Å². The van der Waals surface area contributed by atoms with Crippen molar-refractivity contribution >= 4 is 40.0 Å². The van der Waals surface area contributed by atoms with Gasteiger partial charge in [-0.1, -0.05) is 85.7 Å². The van der Waals surface area contributed by atoms with E-state index in [2.05, 4.69) is 26.1 Å². The minimum absolute atomic E-state index is 0.0669. The molecule has 0 saturated carbocycles. The lowest BCUT2D eigenvalue weighted by molar-refractivity contribution is -0.119. The van der Waals surface area contributed by atoms with E-state index in [-0.39, 0.29) is 11.8 Å². The Morgan fingerprint density at radius 2 is 1.87 bits per heavy atom. The SMILES string of the molecule is CCC(C)C(NC(=O)NCc1ccccc1)C(=O)Nc1nnc(-c2cccc(Cl)c2)s1. The number of carbonyl (C=O) groups is 2. The van der Waals surface area contributed by atoms with Crippen molar-refractivity contribution < 1.29 is 9.59 Å². The standard InChI is InChI=1S/C22H24ClN5O2S/c1-3-14(2)18(25-21(30)24-13-15-8-5-4-6-9-15)19(29)26-22-28-27-20(31-22)16-10-7-11-17(23)12-16/h4-12,14,18H,3,13H2,1-2H3,(H2,24,25,30)(H,26,28,29). The fraction of sp³-hybridized carbons (Fsp3) is 0.273. The fourth-order valence-corrected chi connectivity index (χ4v) is 3.80. The van der Waals surface area contributed by atoms with Gasteiger partial charge in [0.25, 0.3) is 0 Å². The largest absolute Gasteiger partial charge is 0.334 e. The van der Waals surface area contributed by atoms with Gasteiger partial charge in [0, 0.05) is 17.1 Å². The van der Waals surface area contributed by atoms with Crippen LogP contribution in [-0.4, -0.2) is 28.2 Å². The van der Waals surface area contributed by atoms with Gasteiger partial charge in [-0.3, -0.25) is 10.1 Å². The van der Waals surface area contributed by atoms with Gasteiger partial charge in [-0.2, -0.15) is 0 Å². The maximum absolute atomic E-state index is 12.9. The van der Waals surface area contributed by atoms with Gasteiger partial charge in [0.15, 0.2) is 0 Å². The molecular formula is C22H24ClN5O2S. The number of aromatic nitrogens is 2. The molecule has 162 valence electrons. The molecule has 0 aliphatic heterocycles. The van der Waals surface area contributed by atoms with Crippen molar-refractivity contribution in [2.45, 2.75) is 32.9 Å². The topological polar surface area (TPSA) is 96.0 Å². The van der Waals surface area contributed by atoms with Crippen molar-refractivity contribution in [1.82, 2.24) is 20.8 Å². The van der Waals surface area contributed by atoms with Crippen LogP contribution in [0.1, 0.15) is 25.8 Å². The minimum Gasteiger partial charge on any atom is -0.334 e. The highest BCUT2D eigenvalue weighted by molar-refractivity contribution is 7.18. The average molecular weight is 458 g/mol. The van der Waals surface area contributed by atoms with Crippen molar-refractivity contribution in [2.24, 2.45) is 5.92 Å². The molecule has 0 radical (unpaired) electrons. The van der Waals surface area contributed by atoms with Crippen LogP contribution in [0.15, 0.2) is 54.6 Å². The summed E-state index contributed by atoms with van der Waals surface area (Å²) < 4.78 is 0. The first kappa shape index (κ1) is 22.7. The predicted octanol–water partition coefficient (Wildman–Crippen LogP) is 4.71. The number of anilines is 1. The van der Waals surface area contributed by atoms with Crippen LogP contribution < -0.4 is 16.0 Å². The lowest BCUT2D eigenvalue weighted by atomic mass is 9.98. The van der Waals surface area contributed by atoms with Crippen LogP contribution in [0, 0.1) is 5.92 Å². The predicted molar refractivity (Wildman–Crippen MR) is 124 cm³/mol. The van der Waals surface area contributed by atoms with Crippen LogP contribution in [0.25, 0.3) is 10.6 Å². The molecule has 0 aliphatic carbocycles. The van der Waals surface area contributed by atoms with E-state index in [0.717, 1.165) is 17.5 Å². The summed E-state index contributed by atoms with van der Waals surface area (Å²) >= 11 is 7.28. The second kappa shape index (κ2) is 10.9. The first-order valence-electron chi connectivity index (χ1n) is 9.95. The molecular weight excluding hydrogens is 434 g/mol. The Morgan fingerprint density at radius 3 is 2.58 bits per heavy atom. The van der Waals surface area contributed by atoms with E-state index >= 15 is 0 Å². The Balaban J connectivity index is 1.62. The summed E-state index contributed by atoms with van der Waals surface area (Å²) in [5, 5.41) is 18.1. The number of nitrogens with one attached hydrogen (secondary N) is 3. The van der Waals surface area contributed by atoms with Gasteiger partial charge in [-0.15, -0.1) is 10.2 Å². The highest BCUT2D eigenvalue weighted by Gasteiger charge is 2.27. The van der Waals surface area contributed by atoms with Gasteiger partial charge < -0.3 is 10.6 Å². The number of urea groups is 1. The number of benzene rings is 2. The number of hydrogen-bond acceptors (Lipinski definition) is 5. The smallest absolute Gasteiger partial charge is 0.315 e. The number of rotatable bonds is 8. The van der Waals surface area contributed by atoms with E-state index in [0.29, 0.717) is 21.7 Å². The quantitative estimate of drug-likeness (QED) is 0.456. The molecule has 2 aromatic carbocycles. The summed E-state index contributed by atoms with van der Waals surface area (Å²) in [6.07, 6.45) is 0.723. The molecule has 31 heavy (non-hydrogen) atoms. The normalized spacial score (nSPS) is 12.6. The monoisotopic (exact) mass is 457 g/mol. The van der Waals surface area contributed by atoms with Crippen LogP contribution in [-0.2, 0) is 11.3 Å². The molecule has 0 spiro atoms. The van der Waals surface area contributed by atoms with Crippen LogP contribution in [0.3, 0.4) is 0 Å². The molecule has 2 atom stereocenters. The number of nitrogens with zero attached hydrogens (tertiary/aromatic N) is 2. The molecule has 1 heterocycles. The van der Waals surface area contributed by atoms with E-state index in [4.69, 9.17) is 11.6 Å². The molecule has 0 bridgehead atoms. The van der Waals surface area contributed by atoms with E-state index in [9.17, 15) is 9.59 Å². The minimum atomic E-state index is -0.709. The molecule has 0 aliphatic rings. The Bertz CT molecular complexity index is 1030. The van der Waals surface area contributed by atoms with Gasteiger partial charge in [0.2, 0.25) is 11.0 Å². The summed E-state index contributed by atoms with van der Waals surface area (Å²) in [6.45, 7) is 4.26. The van der Waals surface area contributed by atoms with Crippen LogP contribution >= 0.6 is 22.9 Å². The molecule has 3 N–H and O–H groups in total. The van der Waals surface area contributed by atoms with E-state index in [1.165, 1.54) is 11.3 Å². The maximum atomic E-state index is 12.9. The Hall–Kier alpha value is -2.97. The zero-order valence-electron chi connectivity index (χ0n) is 17.3. The summed E-state index contributed by atoms with van der Waals surface area (Å²) in [5.41, 5.74) is 1.80. The van der Waals surface area contributed by atoms with Gasteiger partial charge in [0.1, 0.15) is 11.0 Å². The zero-order chi connectivity index (χ0) is 22.2. The third kappa shape index (κ3) is 6.50. The van der Waals surface area contributed by atoms with Gasteiger partial charge in [0.05, 0.1) is 0 Å². The Labute approximate surface area is 190 Å². The first-order valence-corrected chi connectivity index (χ1v) is 11.1. The fourth-order valence-electron chi connectivity index (χ4n) is 2.87. The lowest BCUT2D eigenvalue weighted by Gasteiger charge is -2.23. The highest BCUT2D eigenvalue weighted by atomic mass is 35.5. The molecule has 3 amide bonds. The number of halogens is 1. The molecule has 0 fully saturated rings. The van der Waals surface area contributed by atoms with Crippen LogP contribution in [0.4, 0.5) is 9.93 Å².